The largest absolute Gasteiger partial charge is 0.367 e. The van der Waals surface area contributed by atoms with Crippen LogP contribution in [0.5, 0.6) is 0 Å². The number of fused-ring (bicyclic) bond motifs is 2. The van der Waals surface area contributed by atoms with Crippen LogP contribution in [0.2, 0.25) is 5.02 Å². The van der Waals surface area contributed by atoms with Gasteiger partial charge in [0.2, 0.25) is 5.91 Å². The summed E-state index contributed by atoms with van der Waals surface area (Å²) in [5.41, 5.74) is 3.35. The lowest BCUT2D eigenvalue weighted by molar-refractivity contribution is -0.116. The molecule has 3 aliphatic rings. The van der Waals surface area contributed by atoms with Gasteiger partial charge in [0, 0.05) is 44.8 Å². The van der Waals surface area contributed by atoms with Gasteiger partial charge in [0.05, 0.1) is 10.7 Å². The number of piperazine rings is 1. The van der Waals surface area contributed by atoms with Crippen LogP contribution in [-0.4, -0.2) is 49.6 Å². The van der Waals surface area contributed by atoms with Gasteiger partial charge in [-0.25, -0.2) is 0 Å². The van der Waals surface area contributed by atoms with E-state index in [0.717, 1.165) is 49.0 Å². The first-order valence-electron chi connectivity index (χ1n) is 8.23. The molecular formula is C17H22ClN3O. The molecule has 0 saturated carbocycles. The molecule has 0 bridgehead atoms. The zero-order chi connectivity index (χ0) is 15.3. The summed E-state index contributed by atoms with van der Waals surface area (Å²) < 4.78 is 0. The number of benzene rings is 1. The highest BCUT2D eigenvalue weighted by Gasteiger charge is 2.32. The summed E-state index contributed by atoms with van der Waals surface area (Å²) >= 11 is 6.55. The molecule has 2 fully saturated rings. The molecule has 4 rings (SSSR count). The van der Waals surface area contributed by atoms with Gasteiger partial charge in [0.25, 0.3) is 0 Å². The Bertz CT molecular complexity index is 618. The number of carbonyl (C=O) groups excluding carboxylic acids is 1. The van der Waals surface area contributed by atoms with Crippen molar-refractivity contribution in [3.63, 3.8) is 0 Å². The van der Waals surface area contributed by atoms with E-state index in [4.69, 9.17) is 11.6 Å². The highest BCUT2D eigenvalue weighted by atomic mass is 35.5. The molecule has 0 radical (unpaired) electrons. The predicted molar refractivity (Wildman–Crippen MR) is 90.0 cm³/mol. The lowest BCUT2D eigenvalue weighted by Gasteiger charge is -2.39. The second-order valence-electron chi connectivity index (χ2n) is 6.63. The molecule has 1 aromatic rings. The molecule has 5 heteroatoms. The quantitative estimate of drug-likeness (QED) is 0.796. The summed E-state index contributed by atoms with van der Waals surface area (Å²) in [6, 6.07) is 4.87. The minimum absolute atomic E-state index is 0.118. The number of hydrogen-bond acceptors (Lipinski definition) is 3. The second-order valence-corrected chi connectivity index (χ2v) is 7.04. The third kappa shape index (κ3) is 2.29. The van der Waals surface area contributed by atoms with E-state index in [1.165, 1.54) is 24.9 Å². The maximum atomic E-state index is 11.8. The molecule has 4 nitrogen and oxygen atoms in total. The van der Waals surface area contributed by atoms with Crippen molar-refractivity contribution in [2.45, 2.75) is 32.2 Å². The monoisotopic (exact) mass is 319 g/mol. The summed E-state index contributed by atoms with van der Waals surface area (Å²) in [5, 5.41) is 0.829. The Kier molecular flexibility index (Phi) is 3.54. The number of hydrogen-bond donors (Lipinski definition) is 0. The molecule has 1 atom stereocenters. The lowest BCUT2D eigenvalue weighted by Crippen LogP contribution is -2.50. The van der Waals surface area contributed by atoms with E-state index in [1.807, 2.05) is 4.90 Å². The fraction of sp³-hybridized carbons (Fsp3) is 0.588. The Morgan fingerprint density at radius 3 is 2.86 bits per heavy atom. The fourth-order valence-electron chi connectivity index (χ4n) is 4.18. The van der Waals surface area contributed by atoms with Crippen molar-refractivity contribution >= 4 is 28.9 Å². The van der Waals surface area contributed by atoms with Crippen LogP contribution in [0.1, 0.15) is 25.3 Å². The fourth-order valence-corrected chi connectivity index (χ4v) is 4.48. The summed E-state index contributed by atoms with van der Waals surface area (Å²) in [6.07, 6.45) is 3.51. The van der Waals surface area contributed by atoms with Crippen LogP contribution < -0.4 is 9.80 Å². The van der Waals surface area contributed by atoms with E-state index in [9.17, 15) is 4.79 Å². The summed E-state index contributed by atoms with van der Waals surface area (Å²) in [7, 11) is 0. The summed E-state index contributed by atoms with van der Waals surface area (Å²) in [4.78, 5) is 18.7. The van der Waals surface area contributed by atoms with Crippen molar-refractivity contribution in [1.29, 1.82) is 0 Å². The number of halogens is 1. The van der Waals surface area contributed by atoms with Gasteiger partial charge in [0.1, 0.15) is 0 Å². The number of anilines is 2. The first kappa shape index (κ1) is 14.3. The van der Waals surface area contributed by atoms with Crippen LogP contribution in [0.3, 0.4) is 0 Å². The molecule has 22 heavy (non-hydrogen) atoms. The number of amides is 1. The van der Waals surface area contributed by atoms with Crippen LogP contribution in [0.25, 0.3) is 0 Å². The predicted octanol–water partition coefficient (Wildman–Crippen LogP) is 2.53. The lowest BCUT2D eigenvalue weighted by atomic mass is 10.1. The summed E-state index contributed by atoms with van der Waals surface area (Å²) in [5.74, 6) is 0.118. The van der Waals surface area contributed by atoms with E-state index >= 15 is 0 Å². The van der Waals surface area contributed by atoms with Gasteiger partial charge < -0.3 is 9.80 Å². The Hall–Kier alpha value is -1.26. The molecule has 0 aromatic heterocycles. The van der Waals surface area contributed by atoms with Crippen LogP contribution in [-0.2, 0) is 11.2 Å². The van der Waals surface area contributed by atoms with Gasteiger partial charge in [-0.15, -0.1) is 0 Å². The van der Waals surface area contributed by atoms with Crippen molar-refractivity contribution in [1.82, 2.24) is 4.90 Å². The third-order valence-electron chi connectivity index (χ3n) is 5.35. The Balaban J connectivity index is 1.65. The zero-order valence-corrected chi connectivity index (χ0v) is 13.8. The van der Waals surface area contributed by atoms with Crippen LogP contribution >= 0.6 is 11.6 Å². The highest BCUT2D eigenvalue weighted by Crippen LogP contribution is 2.38. The first-order valence-corrected chi connectivity index (χ1v) is 8.61. The summed E-state index contributed by atoms with van der Waals surface area (Å²) in [6.45, 7) is 6.86. The number of carbonyl (C=O) groups is 1. The molecular weight excluding hydrogens is 298 g/mol. The van der Waals surface area contributed by atoms with Crippen molar-refractivity contribution in [3.8, 4) is 0 Å². The van der Waals surface area contributed by atoms with E-state index < -0.39 is 0 Å². The average molecular weight is 320 g/mol. The smallest absolute Gasteiger partial charge is 0.223 e. The SMILES string of the molecule is CC(=O)N1CCc2cc(Cl)c(N3CCN4CCCC4C3)cc21. The van der Waals surface area contributed by atoms with Crippen molar-refractivity contribution in [2.75, 3.05) is 42.5 Å². The second kappa shape index (κ2) is 5.43. The van der Waals surface area contributed by atoms with E-state index in [1.54, 1.807) is 6.92 Å². The van der Waals surface area contributed by atoms with E-state index in [2.05, 4.69) is 21.9 Å². The molecule has 3 heterocycles. The van der Waals surface area contributed by atoms with Gasteiger partial charge >= 0.3 is 0 Å². The molecule has 1 unspecified atom stereocenters. The Labute approximate surface area is 136 Å². The zero-order valence-electron chi connectivity index (χ0n) is 13.0. The minimum Gasteiger partial charge on any atom is -0.367 e. The normalized spacial score (nSPS) is 24.5. The molecule has 0 N–H and O–H groups in total. The molecule has 1 amide bonds. The van der Waals surface area contributed by atoms with E-state index in [0.29, 0.717) is 6.04 Å². The van der Waals surface area contributed by atoms with Crippen LogP contribution in [0.4, 0.5) is 11.4 Å². The molecule has 118 valence electrons. The van der Waals surface area contributed by atoms with Gasteiger partial charge in [0.15, 0.2) is 0 Å². The first-order chi connectivity index (χ1) is 10.6. The van der Waals surface area contributed by atoms with E-state index in [-0.39, 0.29) is 5.91 Å². The standard InChI is InChI=1S/C17H22ClN3O/c1-12(22)21-6-4-13-9-15(18)17(10-16(13)21)20-8-7-19-5-2-3-14(19)11-20/h9-10,14H,2-8,11H2,1H3. The molecule has 1 aromatic carbocycles. The number of rotatable bonds is 1. The van der Waals surface area contributed by atoms with Gasteiger partial charge in [-0.2, -0.15) is 0 Å². The van der Waals surface area contributed by atoms with Gasteiger partial charge in [-0.3, -0.25) is 9.69 Å². The minimum atomic E-state index is 0.118. The van der Waals surface area contributed by atoms with Gasteiger partial charge in [-0.1, -0.05) is 11.6 Å². The maximum absolute atomic E-state index is 11.8. The molecule has 0 aliphatic carbocycles. The topological polar surface area (TPSA) is 26.8 Å². The molecule has 0 spiro atoms. The van der Waals surface area contributed by atoms with Crippen LogP contribution in [0.15, 0.2) is 12.1 Å². The molecule has 3 aliphatic heterocycles. The van der Waals surface area contributed by atoms with Crippen molar-refractivity contribution in [3.05, 3.63) is 22.7 Å². The molecule has 2 saturated heterocycles. The average Bonchev–Trinajstić information content (AvgIpc) is 3.11. The van der Waals surface area contributed by atoms with Crippen LogP contribution in [0, 0.1) is 0 Å². The highest BCUT2D eigenvalue weighted by molar-refractivity contribution is 6.33. The third-order valence-corrected chi connectivity index (χ3v) is 5.65. The Morgan fingerprint density at radius 2 is 2.05 bits per heavy atom. The number of nitrogens with zero attached hydrogens (tertiary/aromatic N) is 3. The Morgan fingerprint density at radius 1 is 1.18 bits per heavy atom. The van der Waals surface area contributed by atoms with Crippen molar-refractivity contribution < 1.29 is 4.79 Å². The maximum Gasteiger partial charge on any atom is 0.223 e. The van der Waals surface area contributed by atoms with Gasteiger partial charge in [-0.05, 0) is 43.5 Å². The van der Waals surface area contributed by atoms with Crippen molar-refractivity contribution in [2.24, 2.45) is 0 Å².